The number of hydrogen-bond acceptors (Lipinski definition) is 4. The first kappa shape index (κ1) is 13.6. The Kier molecular flexibility index (Phi) is 4.35. The first-order valence-corrected chi connectivity index (χ1v) is 8.20. The molecular formula is C15H20N2O2S. The van der Waals surface area contributed by atoms with E-state index < -0.39 is 0 Å². The van der Waals surface area contributed by atoms with Crippen LogP contribution in [-0.2, 0) is 16.1 Å². The molecule has 1 fully saturated rings. The van der Waals surface area contributed by atoms with Crippen molar-refractivity contribution in [2.24, 2.45) is 11.1 Å². The van der Waals surface area contributed by atoms with Gasteiger partial charge in [0.15, 0.2) is 0 Å². The Bertz CT molecular complexity index is 484. The minimum atomic E-state index is 0.295. The van der Waals surface area contributed by atoms with E-state index in [-0.39, 0.29) is 0 Å². The Morgan fingerprint density at radius 2 is 2.50 bits per heavy atom. The normalized spacial score (nSPS) is 21.9. The van der Waals surface area contributed by atoms with E-state index in [0.717, 1.165) is 44.5 Å². The van der Waals surface area contributed by atoms with E-state index in [9.17, 15) is 4.79 Å². The van der Waals surface area contributed by atoms with Crippen LogP contribution in [0.5, 0.6) is 0 Å². The van der Waals surface area contributed by atoms with Crippen LogP contribution < -0.4 is 0 Å². The van der Waals surface area contributed by atoms with Crippen molar-refractivity contribution >= 4 is 23.0 Å². The highest BCUT2D eigenvalue weighted by molar-refractivity contribution is 7.09. The molecule has 0 N–H and O–H groups in total. The van der Waals surface area contributed by atoms with Gasteiger partial charge in [0.2, 0.25) is 5.91 Å². The van der Waals surface area contributed by atoms with Gasteiger partial charge in [0, 0.05) is 36.7 Å². The van der Waals surface area contributed by atoms with Crippen LogP contribution in [0.1, 0.15) is 30.6 Å². The van der Waals surface area contributed by atoms with E-state index in [0.29, 0.717) is 24.9 Å². The lowest BCUT2D eigenvalue weighted by molar-refractivity contribution is -0.130. The minimum absolute atomic E-state index is 0.295. The van der Waals surface area contributed by atoms with Gasteiger partial charge in [0.05, 0.1) is 5.71 Å². The van der Waals surface area contributed by atoms with Crippen molar-refractivity contribution in [1.29, 1.82) is 0 Å². The van der Waals surface area contributed by atoms with E-state index in [1.165, 1.54) is 4.88 Å². The molecule has 0 aromatic carbocycles. The number of thiophene rings is 1. The van der Waals surface area contributed by atoms with Crippen molar-refractivity contribution in [2.45, 2.75) is 32.1 Å². The molecule has 1 aromatic heterocycles. The van der Waals surface area contributed by atoms with Crippen molar-refractivity contribution < 1.29 is 9.63 Å². The third-order valence-electron chi connectivity index (χ3n) is 4.04. The fraction of sp³-hybridized carbons (Fsp3) is 0.600. The van der Waals surface area contributed by atoms with E-state index in [1.807, 2.05) is 4.90 Å². The highest BCUT2D eigenvalue weighted by Gasteiger charge is 2.30. The molecule has 2 aliphatic heterocycles. The minimum Gasteiger partial charge on any atom is -0.395 e. The number of oxime groups is 1. The van der Waals surface area contributed by atoms with Gasteiger partial charge in [-0.05, 0) is 30.7 Å². The maximum absolute atomic E-state index is 12.2. The molecule has 1 unspecified atom stereocenters. The Labute approximate surface area is 123 Å². The van der Waals surface area contributed by atoms with Gasteiger partial charge >= 0.3 is 0 Å². The molecule has 0 spiro atoms. The summed E-state index contributed by atoms with van der Waals surface area (Å²) in [6.07, 6.45) is 4.60. The maximum Gasteiger partial charge on any atom is 0.222 e. The number of amides is 1. The average molecular weight is 292 g/mol. The standard InChI is InChI=1S/C15H20N2O2S/c18-15(5-1-3-13-4-2-10-20-13)17-8-6-12(11-17)14-7-9-19-16-14/h2,4,10,12H,1,3,5-9,11H2. The number of hydrogen-bond donors (Lipinski definition) is 0. The van der Waals surface area contributed by atoms with Gasteiger partial charge in [-0.25, -0.2) is 0 Å². The van der Waals surface area contributed by atoms with Crippen molar-refractivity contribution in [2.75, 3.05) is 19.7 Å². The summed E-state index contributed by atoms with van der Waals surface area (Å²) >= 11 is 1.77. The Morgan fingerprint density at radius 3 is 3.25 bits per heavy atom. The van der Waals surface area contributed by atoms with Gasteiger partial charge < -0.3 is 9.74 Å². The predicted molar refractivity (Wildman–Crippen MR) is 79.9 cm³/mol. The van der Waals surface area contributed by atoms with E-state index >= 15 is 0 Å². The van der Waals surface area contributed by atoms with Gasteiger partial charge in [0.1, 0.15) is 6.61 Å². The van der Waals surface area contributed by atoms with Crippen molar-refractivity contribution in [3.8, 4) is 0 Å². The molecule has 1 aromatic rings. The number of likely N-dealkylation sites (tertiary alicyclic amines) is 1. The number of rotatable bonds is 5. The summed E-state index contributed by atoms with van der Waals surface area (Å²) in [6, 6.07) is 4.20. The van der Waals surface area contributed by atoms with Gasteiger partial charge in [-0.2, -0.15) is 0 Å². The third kappa shape index (κ3) is 3.20. The van der Waals surface area contributed by atoms with Gasteiger partial charge in [-0.3, -0.25) is 4.79 Å². The molecule has 1 atom stereocenters. The van der Waals surface area contributed by atoms with Crippen LogP contribution in [0.4, 0.5) is 0 Å². The van der Waals surface area contributed by atoms with Crippen LogP contribution in [0, 0.1) is 5.92 Å². The summed E-state index contributed by atoms with van der Waals surface area (Å²) in [7, 11) is 0. The number of carbonyl (C=O) groups is 1. The fourth-order valence-corrected chi connectivity index (χ4v) is 3.64. The fourth-order valence-electron chi connectivity index (χ4n) is 2.89. The second-order valence-corrected chi connectivity index (χ2v) is 6.46. The third-order valence-corrected chi connectivity index (χ3v) is 4.97. The molecule has 5 heteroatoms. The zero-order valence-electron chi connectivity index (χ0n) is 11.6. The van der Waals surface area contributed by atoms with E-state index in [4.69, 9.17) is 4.84 Å². The summed E-state index contributed by atoms with van der Waals surface area (Å²) in [5.41, 5.74) is 1.15. The molecule has 4 nitrogen and oxygen atoms in total. The molecule has 1 amide bonds. The molecule has 108 valence electrons. The Morgan fingerprint density at radius 1 is 1.55 bits per heavy atom. The van der Waals surface area contributed by atoms with Crippen molar-refractivity contribution in [3.63, 3.8) is 0 Å². The zero-order chi connectivity index (χ0) is 13.8. The Hall–Kier alpha value is -1.36. The SMILES string of the molecule is O=C(CCCc1cccs1)N1CCC(C2=NOCC2)C1. The molecular weight excluding hydrogens is 272 g/mol. The topological polar surface area (TPSA) is 41.9 Å². The molecule has 0 radical (unpaired) electrons. The highest BCUT2D eigenvalue weighted by atomic mass is 32.1. The molecule has 3 heterocycles. The number of aryl methyl sites for hydroxylation is 1. The number of nitrogens with zero attached hydrogens (tertiary/aromatic N) is 2. The molecule has 0 aliphatic carbocycles. The second-order valence-electron chi connectivity index (χ2n) is 5.42. The van der Waals surface area contributed by atoms with Crippen LogP contribution >= 0.6 is 11.3 Å². The first-order valence-electron chi connectivity index (χ1n) is 7.32. The maximum atomic E-state index is 12.2. The van der Waals surface area contributed by atoms with Crippen LogP contribution in [0.15, 0.2) is 22.7 Å². The highest BCUT2D eigenvalue weighted by Crippen LogP contribution is 2.23. The smallest absolute Gasteiger partial charge is 0.222 e. The van der Waals surface area contributed by atoms with Gasteiger partial charge in [-0.1, -0.05) is 11.2 Å². The molecule has 1 saturated heterocycles. The van der Waals surface area contributed by atoms with E-state index in [2.05, 4.69) is 22.7 Å². The second kappa shape index (κ2) is 6.39. The average Bonchev–Trinajstić information content (AvgIpc) is 3.20. The lowest BCUT2D eigenvalue weighted by atomic mass is 10.0. The molecule has 2 aliphatic rings. The van der Waals surface area contributed by atoms with Gasteiger partial charge in [0.25, 0.3) is 0 Å². The summed E-state index contributed by atoms with van der Waals surface area (Å²) in [5.74, 6) is 0.724. The molecule has 3 rings (SSSR count). The largest absolute Gasteiger partial charge is 0.395 e. The molecule has 0 saturated carbocycles. The van der Waals surface area contributed by atoms with Crippen molar-refractivity contribution in [1.82, 2.24) is 4.90 Å². The van der Waals surface area contributed by atoms with Crippen LogP contribution in [0.25, 0.3) is 0 Å². The van der Waals surface area contributed by atoms with Crippen LogP contribution in [0.2, 0.25) is 0 Å². The summed E-state index contributed by atoms with van der Waals surface area (Å²) < 4.78 is 0. The van der Waals surface area contributed by atoms with Crippen LogP contribution in [0.3, 0.4) is 0 Å². The van der Waals surface area contributed by atoms with Crippen molar-refractivity contribution in [3.05, 3.63) is 22.4 Å². The lowest BCUT2D eigenvalue weighted by Gasteiger charge is -2.16. The monoisotopic (exact) mass is 292 g/mol. The number of carbonyl (C=O) groups excluding carboxylic acids is 1. The first-order chi connectivity index (χ1) is 9.83. The lowest BCUT2D eigenvalue weighted by Crippen LogP contribution is -2.29. The summed E-state index contributed by atoms with van der Waals surface area (Å²) in [5, 5.41) is 6.18. The van der Waals surface area contributed by atoms with E-state index in [1.54, 1.807) is 11.3 Å². The summed E-state index contributed by atoms with van der Waals surface area (Å²) in [4.78, 5) is 20.6. The predicted octanol–water partition coefficient (Wildman–Crippen LogP) is 2.70. The summed E-state index contributed by atoms with van der Waals surface area (Å²) in [6.45, 7) is 2.42. The Balaban J connectivity index is 1.42. The van der Waals surface area contributed by atoms with Crippen LogP contribution in [-0.4, -0.2) is 36.2 Å². The molecule has 0 bridgehead atoms. The quantitative estimate of drug-likeness (QED) is 0.837. The molecule has 20 heavy (non-hydrogen) atoms. The zero-order valence-corrected chi connectivity index (χ0v) is 12.4. The van der Waals surface area contributed by atoms with Gasteiger partial charge in [-0.15, -0.1) is 11.3 Å².